The van der Waals surface area contributed by atoms with Gasteiger partial charge in [-0.15, -0.1) is 11.8 Å². The van der Waals surface area contributed by atoms with Crippen LogP contribution in [0.3, 0.4) is 0 Å². The van der Waals surface area contributed by atoms with E-state index >= 15 is 0 Å². The zero-order valence-electron chi connectivity index (χ0n) is 13.6. The number of carbonyl (C=O) groups excluding carboxylic acids is 2. The van der Waals surface area contributed by atoms with Gasteiger partial charge in [-0.25, -0.2) is 4.79 Å². The summed E-state index contributed by atoms with van der Waals surface area (Å²) >= 11 is 1.31. The number of furan rings is 1. The third-order valence-corrected chi connectivity index (χ3v) is 4.35. The number of nitrogens with zero attached hydrogens (tertiary/aromatic N) is 1. The third-order valence-electron chi connectivity index (χ3n) is 3.41. The van der Waals surface area contributed by atoms with Crippen LogP contribution >= 0.6 is 11.8 Å². The number of amides is 1. The maximum Gasteiger partial charge on any atom is 0.374 e. The van der Waals surface area contributed by atoms with E-state index < -0.39 is 18.5 Å². The van der Waals surface area contributed by atoms with E-state index in [0.29, 0.717) is 11.3 Å². The lowest BCUT2D eigenvalue weighted by Gasteiger charge is -2.09. The summed E-state index contributed by atoms with van der Waals surface area (Å²) in [5.74, 6) is -0.861. The van der Waals surface area contributed by atoms with Gasteiger partial charge in [-0.1, -0.05) is 30.3 Å². The van der Waals surface area contributed by atoms with Crippen LogP contribution in [-0.4, -0.2) is 24.2 Å². The highest BCUT2D eigenvalue weighted by Gasteiger charge is 2.16. The summed E-state index contributed by atoms with van der Waals surface area (Å²) in [5.41, 5.74) is 1.14. The monoisotopic (exact) mass is 366 g/mol. The molecular weight excluding hydrogens is 352 g/mol. The van der Waals surface area contributed by atoms with Crippen molar-refractivity contribution in [1.29, 1.82) is 5.26 Å². The minimum absolute atomic E-state index is 0.0453. The van der Waals surface area contributed by atoms with Crippen molar-refractivity contribution in [2.24, 2.45) is 0 Å². The SMILES string of the molecule is N#CCSc1ccccc1NC(=O)COC(=O)c1cc2ccccc2o1. The average molecular weight is 366 g/mol. The molecule has 1 N–H and O–H groups in total. The number of fused-ring (bicyclic) bond motifs is 1. The number of benzene rings is 2. The summed E-state index contributed by atoms with van der Waals surface area (Å²) in [6.07, 6.45) is 0. The predicted molar refractivity (Wildman–Crippen MR) is 97.9 cm³/mol. The second-order valence-electron chi connectivity index (χ2n) is 5.22. The van der Waals surface area contributed by atoms with Gasteiger partial charge in [0.05, 0.1) is 17.5 Å². The number of hydrogen-bond donors (Lipinski definition) is 1. The lowest BCUT2D eigenvalue weighted by atomic mass is 10.2. The molecule has 0 saturated carbocycles. The zero-order chi connectivity index (χ0) is 18.4. The van der Waals surface area contributed by atoms with Gasteiger partial charge >= 0.3 is 5.97 Å². The molecule has 0 aliphatic carbocycles. The summed E-state index contributed by atoms with van der Waals surface area (Å²) in [6.45, 7) is -0.437. The molecule has 0 radical (unpaired) electrons. The molecule has 0 aliphatic rings. The van der Waals surface area contributed by atoms with Crippen LogP contribution in [0.5, 0.6) is 0 Å². The Morgan fingerprint density at radius 1 is 1.15 bits per heavy atom. The first-order chi connectivity index (χ1) is 12.7. The zero-order valence-corrected chi connectivity index (χ0v) is 14.4. The Balaban J connectivity index is 1.59. The van der Waals surface area contributed by atoms with Gasteiger partial charge in [0.15, 0.2) is 6.61 Å². The number of carbonyl (C=O) groups is 2. The van der Waals surface area contributed by atoms with Crippen LogP contribution in [0, 0.1) is 11.3 Å². The van der Waals surface area contributed by atoms with Gasteiger partial charge in [-0.3, -0.25) is 4.79 Å². The molecule has 0 spiro atoms. The van der Waals surface area contributed by atoms with Crippen molar-refractivity contribution in [3.8, 4) is 6.07 Å². The first-order valence-corrected chi connectivity index (χ1v) is 8.70. The standard InChI is InChI=1S/C19H14N2O4S/c20-9-10-26-17-8-4-2-6-14(17)21-18(22)12-24-19(23)16-11-13-5-1-3-7-15(13)25-16/h1-8,11H,10,12H2,(H,21,22). The number of thioether (sulfide) groups is 1. The molecule has 0 bridgehead atoms. The Morgan fingerprint density at radius 3 is 2.73 bits per heavy atom. The fourth-order valence-corrected chi connectivity index (χ4v) is 2.95. The summed E-state index contributed by atoms with van der Waals surface area (Å²) < 4.78 is 10.4. The molecule has 3 rings (SSSR count). The van der Waals surface area contributed by atoms with Crippen LogP contribution < -0.4 is 5.32 Å². The average Bonchev–Trinajstić information content (AvgIpc) is 3.10. The van der Waals surface area contributed by atoms with Gasteiger partial charge in [-0.05, 0) is 24.3 Å². The van der Waals surface area contributed by atoms with Crippen LogP contribution in [0.15, 0.2) is 63.9 Å². The summed E-state index contributed by atoms with van der Waals surface area (Å²) in [4.78, 5) is 24.9. The number of ether oxygens (including phenoxy) is 1. The number of nitrogens with one attached hydrogen (secondary N) is 1. The van der Waals surface area contributed by atoms with E-state index in [1.807, 2.05) is 24.3 Å². The highest BCUT2D eigenvalue weighted by atomic mass is 32.2. The van der Waals surface area contributed by atoms with Crippen LogP contribution in [0.2, 0.25) is 0 Å². The number of esters is 1. The summed E-state index contributed by atoms with van der Waals surface area (Å²) in [7, 11) is 0. The van der Waals surface area contributed by atoms with Crippen LogP contribution in [0.25, 0.3) is 11.0 Å². The lowest BCUT2D eigenvalue weighted by Crippen LogP contribution is -2.21. The molecule has 3 aromatic rings. The Morgan fingerprint density at radius 2 is 1.92 bits per heavy atom. The lowest BCUT2D eigenvalue weighted by molar-refractivity contribution is -0.119. The molecule has 0 atom stereocenters. The van der Waals surface area contributed by atoms with E-state index in [1.165, 1.54) is 11.8 Å². The van der Waals surface area contributed by atoms with E-state index in [1.54, 1.807) is 36.4 Å². The Labute approximate surface area is 153 Å². The molecule has 7 heteroatoms. The van der Waals surface area contributed by atoms with Gasteiger partial charge < -0.3 is 14.5 Å². The van der Waals surface area contributed by atoms with Gasteiger partial charge in [0.25, 0.3) is 5.91 Å². The van der Waals surface area contributed by atoms with Gasteiger partial charge in [0.1, 0.15) is 5.58 Å². The molecular formula is C19H14N2O4S. The van der Waals surface area contributed by atoms with Crippen molar-refractivity contribution >= 4 is 40.3 Å². The van der Waals surface area contributed by atoms with E-state index in [2.05, 4.69) is 5.32 Å². The van der Waals surface area contributed by atoms with E-state index in [4.69, 9.17) is 14.4 Å². The summed E-state index contributed by atoms with van der Waals surface area (Å²) in [6, 6.07) is 17.9. The largest absolute Gasteiger partial charge is 0.450 e. The number of para-hydroxylation sites is 2. The first kappa shape index (κ1) is 17.6. The molecule has 2 aromatic carbocycles. The smallest absolute Gasteiger partial charge is 0.374 e. The van der Waals surface area contributed by atoms with Crippen molar-refractivity contribution < 1.29 is 18.7 Å². The van der Waals surface area contributed by atoms with Crippen LogP contribution in [0.1, 0.15) is 10.6 Å². The van der Waals surface area contributed by atoms with Crippen molar-refractivity contribution in [2.45, 2.75) is 4.90 Å². The number of anilines is 1. The van der Waals surface area contributed by atoms with Crippen molar-refractivity contribution in [2.75, 3.05) is 17.7 Å². The molecule has 1 heterocycles. The van der Waals surface area contributed by atoms with Crippen LogP contribution in [0.4, 0.5) is 5.69 Å². The van der Waals surface area contributed by atoms with Crippen molar-refractivity contribution in [1.82, 2.24) is 0 Å². The minimum atomic E-state index is -0.705. The van der Waals surface area contributed by atoms with E-state index in [0.717, 1.165) is 10.3 Å². The molecule has 130 valence electrons. The van der Waals surface area contributed by atoms with Gasteiger partial charge in [0.2, 0.25) is 5.76 Å². The van der Waals surface area contributed by atoms with Crippen LogP contribution in [-0.2, 0) is 9.53 Å². The van der Waals surface area contributed by atoms with Gasteiger partial charge in [-0.2, -0.15) is 5.26 Å². The third kappa shape index (κ3) is 4.23. The molecule has 1 amide bonds. The molecule has 6 nitrogen and oxygen atoms in total. The molecule has 0 unspecified atom stereocenters. The molecule has 0 aliphatic heterocycles. The Hall–Kier alpha value is -3.24. The molecule has 26 heavy (non-hydrogen) atoms. The van der Waals surface area contributed by atoms with Gasteiger partial charge in [0, 0.05) is 10.3 Å². The molecule has 0 fully saturated rings. The van der Waals surface area contributed by atoms with E-state index in [-0.39, 0.29) is 11.5 Å². The van der Waals surface area contributed by atoms with Crippen molar-refractivity contribution in [3.05, 3.63) is 60.4 Å². The number of nitriles is 1. The topological polar surface area (TPSA) is 92.3 Å². The first-order valence-electron chi connectivity index (χ1n) is 7.71. The highest BCUT2D eigenvalue weighted by molar-refractivity contribution is 7.99. The second-order valence-corrected chi connectivity index (χ2v) is 6.23. The fraction of sp³-hybridized carbons (Fsp3) is 0.105. The Kier molecular flexibility index (Phi) is 5.56. The minimum Gasteiger partial charge on any atom is -0.450 e. The molecule has 1 aromatic heterocycles. The number of rotatable bonds is 6. The second kappa shape index (κ2) is 8.23. The number of hydrogen-bond acceptors (Lipinski definition) is 6. The Bertz CT molecular complexity index is 957. The maximum atomic E-state index is 12.1. The normalized spacial score (nSPS) is 10.3. The summed E-state index contributed by atoms with van der Waals surface area (Å²) in [5, 5.41) is 12.1. The maximum absolute atomic E-state index is 12.1. The highest BCUT2D eigenvalue weighted by Crippen LogP contribution is 2.26. The van der Waals surface area contributed by atoms with E-state index in [9.17, 15) is 9.59 Å². The molecule has 0 saturated heterocycles. The fourth-order valence-electron chi connectivity index (χ4n) is 2.28. The predicted octanol–water partition coefficient (Wildman–Crippen LogP) is 3.84. The van der Waals surface area contributed by atoms with Crippen molar-refractivity contribution in [3.63, 3.8) is 0 Å². The quantitative estimate of drug-likeness (QED) is 0.526.